The minimum absolute atomic E-state index is 0.0220. The first-order chi connectivity index (χ1) is 12.5. The monoisotopic (exact) mass is 362 g/mol. The zero-order valence-electron chi connectivity index (χ0n) is 15.3. The van der Waals surface area contributed by atoms with Gasteiger partial charge in [0.1, 0.15) is 0 Å². The maximum atomic E-state index is 14.8. The molecule has 0 bridgehead atoms. The Morgan fingerprint density at radius 1 is 0.885 bits per heavy atom. The van der Waals surface area contributed by atoms with Crippen LogP contribution in [0.25, 0.3) is 10.8 Å². The number of methoxy groups -OCH3 is 1. The Morgan fingerprint density at radius 3 is 2.38 bits per heavy atom. The number of benzene rings is 2. The second-order valence-electron chi connectivity index (χ2n) is 8.22. The van der Waals surface area contributed by atoms with Gasteiger partial charge in [0.15, 0.2) is 23.2 Å². The van der Waals surface area contributed by atoms with Gasteiger partial charge in [0, 0.05) is 0 Å². The van der Waals surface area contributed by atoms with E-state index < -0.39 is 17.5 Å². The van der Waals surface area contributed by atoms with E-state index in [2.05, 4.69) is 6.92 Å². The van der Waals surface area contributed by atoms with Crippen LogP contribution in [0.3, 0.4) is 0 Å². The van der Waals surface area contributed by atoms with Crippen LogP contribution < -0.4 is 4.74 Å². The average Bonchev–Trinajstić information content (AvgIpc) is 2.64. The van der Waals surface area contributed by atoms with Crippen LogP contribution in [0.4, 0.5) is 13.2 Å². The predicted molar refractivity (Wildman–Crippen MR) is 97.0 cm³/mol. The SMILES string of the molecule is COc1ccc2cc([C@@H]3CC[C@@H]4CC(C)CCC4C3)c(F)c(F)c2c1F. The zero-order valence-corrected chi connectivity index (χ0v) is 15.3. The smallest absolute Gasteiger partial charge is 0.175 e. The van der Waals surface area contributed by atoms with Crippen LogP contribution in [0.15, 0.2) is 18.2 Å². The highest BCUT2D eigenvalue weighted by atomic mass is 19.2. The van der Waals surface area contributed by atoms with Crippen molar-refractivity contribution in [1.82, 2.24) is 0 Å². The number of halogens is 3. The highest BCUT2D eigenvalue weighted by Gasteiger charge is 2.36. The Morgan fingerprint density at radius 2 is 1.62 bits per heavy atom. The highest BCUT2D eigenvalue weighted by Crippen LogP contribution is 2.48. The standard InChI is InChI=1S/C22H25F3O/c1-12-3-4-14-10-15(6-5-13(14)9-12)17-11-16-7-8-18(26-2)21(24)19(16)22(25)20(17)23/h7-8,11-15H,3-6,9-10H2,1-2H3/t12?,13-,14?,15-/m1/s1. The van der Waals surface area contributed by atoms with Gasteiger partial charge in [-0.25, -0.2) is 13.2 Å². The quantitative estimate of drug-likeness (QED) is 0.586. The lowest BCUT2D eigenvalue weighted by molar-refractivity contribution is 0.123. The van der Waals surface area contributed by atoms with Gasteiger partial charge in [-0.1, -0.05) is 19.4 Å². The zero-order chi connectivity index (χ0) is 18.4. The lowest BCUT2D eigenvalue weighted by Crippen LogP contribution is -2.30. The molecule has 2 unspecified atom stereocenters. The number of hydrogen-bond acceptors (Lipinski definition) is 1. The molecule has 4 atom stereocenters. The molecule has 2 aromatic carbocycles. The molecule has 0 radical (unpaired) electrons. The van der Waals surface area contributed by atoms with Gasteiger partial charge in [-0.05, 0) is 78.9 Å². The molecule has 2 fully saturated rings. The minimum atomic E-state index is -1.09. The Hall–Kier alpha value is -1.71. The van der Waals surface area contributed by atoms with Crippen LogP contribution in [0.5, 0.6) is 5.75 Å². The van der Waals surface area contributed by atoms with Crippen LogP contribution in [-0.2, 0) is 0 Å². The summed E-state index contributed by atoms with van der Waals surface area (Å²) in [6, 6.07) is 4.72. The summed E-state index contributed by atoms with van der Waals surface area (Å²) in [5.41, 5.74) is 0.414. The summed E-state index contributed by atoms with van der Waals surface area (Å²) in [5.74, 6) is -0.751. The molecule has 0 amide bonds. The molecule has 0 aliphatic heterocycles. The first-order valence-electron chi connectivity index (χ1n) is 9.63. The molecule has 140 valence electrons. The molecule has 0 spiro atoms. The summed E-state index contributed by atoms with van der Waals surface area (Å²) < 4.78 is 48.8. The summed E-state index contributed by atoms with van der Waals surface area (Å²) >= 11 is 0. The van der Waals surface area contributed by atoms with Gasteiger partial charge in [-0.15, -0.1) is 0 Å². The fourth-order valence-electron chi connectivity index (χ4n) is 5.24. The van der Waals surface area contributed by atoms with Gasteiger partial charge < -0.3 is 4.74 Å². The minimum Gasteiger partial charge on any atom is -0.494 e. The molecule has 2 saturated carbocycles. The topological polar surface area (TPSA) is 9.23 Å². The van der Waals surface area contributed by atoms with E-state index in [4.69, 9.17) is 4.74 Å². The number of ether oxygens (including phenoxy) is 1. The van der Waals surface area contributed by atoms with Crippen molar-refractivity contribution in [1.29, 1.82) is 0 Å². The van der Waals surface area contributed by atoms with Crippen molar-refractivity contribution in [3.8, 4) is 5.75 Å². The molecule has 0 N–H and O–H groups in total. The summed E-state index contributed by atoms with van der Waals surface area (Å²) in [6.07, 6.45) is 6.55. The summed E-state index contributed by atoms with van der Waals surface area (Å²) in [6.45, 7) is 2.31. The van der Waals surface area contributed by atoms with Crippen molar-refractivity contribution in [2.24, 2.45) is 17.8 Å². The Kier molecular flexibility index (Phi) is 4.62. The fourth-order valence-corrected chi connectivity index (χ4v) is 5.24. The second-order valence-corrected chi connectivity index (χ2v) is 8.22. The molecule has 0 aromatic heterocycles. The highest BCUT2D eigenvalue weighted by molar-refractivity contribution is 5.86. The van der Waals surface area contributed by atoms with Crippen LogP contribution in [0.1, 0.15) is 56.9 Å². The first kappa shape index (κ1) is 17.7. The van der Waals surface area contributed by atoms with Crippen molar-refractivity contribution >= 4 is 10.8 Å². The Balaban J connectivity index is 1.70. The van der Waals surface area contributed by atoms with E-state index in [-0.39, 0.29) is 17.1 Å². The van der Waals surface area contributed by atoms with E-state index in [0.717, 1.165) is 31.1 Å². The number of fused-ring (bicyclic) bond motifs is 2. The van der Waals surface area contributed by atoms with Crippen molar-refractivity contribution in [3.63, 3.8) is 0 Å². The largest absolute Gasteiger partial charge is 0.494 e. The lowest BCUT2D eigenvalue weighted by Gasteiger charge is -2.41. The second kappa shape index (κ2) is 6.79. The molecule has 26 heavy (non-hydrogen) atoms. The van der Waals surface area contributed by atoms with Gasteiger partial charge in [0.25, 0.3) is 0 Å². The lowest BCUT2D eigenvalue weighted by atomic mass is 9.64. The maximum absolute atomic E-state index is 14.8. The van der Waals surface area contributed by atoms with Crippen LogP contribution >= 0.6 is 0 Å². The van der Waals surface area contributed by atoms with Gasteiger partial charge in [-0.3, -0.25) is 0 Å². The normalized spacial score (nSPS) is 28.8. The van der Waals surface area contributed by atoms with Gasteiger partial charge in [0.2, 0.25) is 0 Å². The first-order valence-corrected chi connectivity index (χ1v) is 9.63. The molecular formula is C22H25F3O. The summed E-state index contributed by atoms with van der Waals surface area (Å²) in [5, 5.41) is 0.0855. The van der Waals surface area contributed by atoms with E-state index in [9.17, 15) is 13.2 Å². The summed E-state index contributed by atoms with van der Waals surface area (Å²) in [4.78, 5) is 0. The van der Waals surface area contributed by atoms with Crippen molar-refractivity contribution in [3.05, 3.63) is 41.2 Å². The molecule has 0 heterocycles. The molecular weight excluding hydrogens is 337 g/mol. The third-order valence-electron chi connectivity index (χ3n) is 6.65. The Bertz CT molecular complexity index is 832. The fraction of sp³-hybridized carbons (Fsp3) is 0.545. The van der Waals surface area contributed by atoms with E-state index in [0.29, 0.717) is 16.9 Å². The molecule has 2 aliphatic rings. The third kappa shape index (κ3) is 2.87. The van der Waals surface area contributed by atoms with Crippen LogP contribution in [-0.4, -0.2) is 7.11 Å². The van der Waals surface area contributed by atoms with E-state index in [1.807, 2.05) is 0 Å². The maximum Gasteiger partial charge on any atom is 0.175 e. The summed E-state index contributed by atoms with van der Waals surface area (Å²) in [7, 11) is 1.32. The van der Waals surface area contributed by atoms with Gasteiger partial charge >= 0.3 is 0 Å². The molecule has 0 saturated heterocycles. The Labute approximate surface area is 152 Å². The van der Waals surface area contributed by atoms with Crippen molar-refractivity contribution in [2.45, 2.75) is 51.4 Å². The molecule has 4 heteroatoms. The molecule has 4 rings (SSSR count). The third-order valence-corrected chi connectivity index (χ3v) is 6.65. The van der Waals surface area contributed by atoms with Crippen LogP contribution in [0, 0.1) is 35.2 Å². The van der Waals surface area contributed by atoms with E-state index >= 15 is 0 Å². The van der Waals surface area contributed by atoms with Gasteiger partial charge in [-0.2, -0.15) is 0 Å². The number of rotatable bonds is 2. The van der Waals surface area contributed by atoms with Crippen molar-refractivity contribution < 1.29 is 17.9 Å². The van der Waals surface area contributed by atoms with E-state index in [1.54, 1.807) is 12.1 Å². The average molecular weight is 362 g/mol. The molecule has 1 nitrogen and oxygen atoms in total. The predicted octanol–water partition coefficient (Wildman–Crippen LogP) is 6.59. The van der Waals surface area contributed by atoms with Gasteiger partial charge in [0.05, 0.1) is 12.5 Å². The van der Waals surface area contributed by atoms with E-state index in [1.165, 1.54) is 32.4 Å². The molecule has 2 aliphatic carbocycles. The van der Waals surface area contributed by atoms with Crippen LogP contribution in [0.2, 0.25) is 0 Å². The van der Waals surface area contributed by atoms with Crippen molar-refractivity contribution in [2.75, 3.05) is 7.11 Å². The molecule has 2 aromatic rings. The number of hydrogen-bond donors (Lipinski definition) is 0.